The minimum atomic E-state index is 0. The molecule has 0 unspecified atom stereocenters. The standard InChI is InChI=1S/C6H10.H2S/c1-3-5-6-4-2;/h3-6H,1-2H3;1H2/b5-3+,6-4+;. The van der Waals surface area contributed by atoms with Gasteiger partial charge in [0, 0.05) is 0 Å². The third kappa shape index (κ3) is 10.7. The second-order valence-electron chi connectivity index (χ2n) is 1.05. The highest BCUT2D eigenvalue weighted by Crippen LogP contribution is 1.71. The first kappa shape index (κ1) is 9.95. The van der Waals surface area contributed by atoms with Crippen LogP contribution in [0.2, 0.25) is 0 Å². The molecule has 0 bridgehead atoms. The Morgan fingerprint density at radius 3 is 1.29 bits per heavy atom. The maximum absolute atomic E-state index is 2.00. The number of rotatable bonds is 1. The predicted molar refractivity (Wildman–Crippen MR) is 40.0 cm³/mol. The van der Waals surface area contributed by atoms with Gasteiger partial charge in [0.2, 0.25) is 0 Å². The van der Waals surface area contributed by atoms with Gasteiger partial charge in [0.1, 0.15) is 0 Å². The van der Waals surface area contributed by atoms with Crippen LogP contribution in [0.1, 0.15) is 13.8 Å². The van der Waals surface area contributed by atoms with Crippen molar-refractivity contribution in [2.45, 2.75) is 13.8 Å². The highest BCUT2D eigenvalue weighted by molar-refractivity contribution is 7.59. The first-order valence-corrected chi connectivity index (χ1v) is 2.15. The van der Waals surface area contributed by atoms with Gasteiger partial charge in [-0.3, -0.25) is 0 Å². The molecule has 0 amide bonds. The summed E-state index contributed by atoms with van der Waals surface area (Å²) in [5.41, 5.74) is 0. The van der Waals surface area contributed by atoms with Crippen molar-refractivity contribution in [2.24, 2.45) is 0 Å². The van der Waals surface area contributed by atoms with Crippen LogP contribution in [0, 0.1) is 0 Å². The molecule has 0 saturated heterocycles. The van der Waals surface area contributed by atoms with Crippen molar-refractivity contribution < 1.29 is 0 Å². The molecule has 0 saturated carbocycles. The Balaban J connectivity index is 0. The van der Waals surface area contributed by atoms with Crippen LogP contribution in [-0.2, 0) is 0 Å². The molecule has 0 aliphatic carbocycles. The molecule has 0 nitrogen and oxygen atoms in total. The lowest BCUT2D eigenvalue weighted by Gasteiger charge is -1.62. The zero-order valence-corrected chi connectivity index (χ0v) is 5.81. The van der Waals surface area contributed by atoms with Crippen LogP contribution in [0.25, 0.3) is 0 Å². The molecule has 7 heavy (non-hydrogen) atoms. The topological polar surface area (TPSA) is 0 Å². The highest BCUT2D eigenvalue weighted by atomic mass is 32.1. The SMILES string of the molecule is C/C=C/C=C/C.S. The van der Waals surface area contributed by atoms with Crippen LogP contribution in [0.15, 0.2) is 24.3 Å². The van der Waals surface area contributed by atoms with Gasteiger partial charge in [0.05, 0.1) is 0 Å². The monoisotopic (exact) mass is 116 g/mol. The number of hydrogen-bond acceptors (Lipinski definition) is 0. The first-order chi connectivity index (χ1) is 2.91. The normalized spacial score (nSPS) is 10.0. The van der Waals surface area contributed by atoms with E-state index in [2.05, 4.69) is 0 Å². The minimum Gasteiger partial charge on any atom is -0.197 e. The fourth-order valence-corrected chi connectivity index (χ4v) is 0.222. The van der Waals surface area contributed by atoms with Crippen molar-refractivity contribution in [3.05, 3.63) is 24.3 Å². The molecule has 0 N–H and O–H groups in total. The summed E-state index contributed by atoms with van der Waals surface area (Å²) < 4.78 is 0. The van der Waals surface area contributed by atoms with Crippen LogP contribution in [0.4, 0.5) is 0 Å². The fourth-order valence-electron chi connectivity index (χ4n) is 0.222. The molecule has 0 aliphatic rings. The van der Waals surface area contributed by atoms with Gasteiger partial charge >= 0.3 is 0 Å². The van der Waals surface area contributed by atoms with E-state index in [4.69, 9.17) is 0 Å². The Bertz CT molecular complexity index is 52.6. The van der Waals surface area contributed by atoms with Crippen molar-refractivity contribution in [1.29, 1.82) is 0 Å². The van der Waals surface area contributed by atoms with Gasteiger partial charge < -0.3 is 0 Å². The van der Waals surface area contributed by atoms with Gasteiger partial charge in [-0.15, -0.1) is 0 Å². The molecular weight excluding hydrogens is 104 g/mol. The van der Waals surface area contributed by atoms with Crippen molar-refractivity contribution in [2.75, 3.05) is 0 Å². The van der Waals surface area contributed by atoms with E-state index in [0.717, 1.165) is 0 Å². The van der Waals surface area contributed by atoms with Crippen LogP contribution in [0.5, 0.6) is 0 Å². The fraction of sp³-hybridized carbons (Fsp3) is 0.333. The first-order valence-electron chi connectivity index (χ1n) is 2.15. The lowest BCUT2D eigenvalue weighted by atomic mass is 10.5. The molecule has 0 aliphatic heterocycles. The van der Waals surface area contributed by atoms with Gasteiger partial charge in [-0.05, 0) is 13.8 Å². The summed E-state index contributed by atoms with van der Waals surface area (Å²) in [7, 11) is 0. The second-order valence-corrected chi connectivity index (χ2v) is 1.05. The number of allylic oxidation sites excluding steroid dienone is 4. The Kier molecular flexibility index (Phi) is 13.2. The quantitative estimate of drug-likeness (QED) is 0.461. The third-order valence-electron chi connectivity index (χ3n) is 0.496. The van der Waals surface area contributed by atoms with Crippen molar-refractivity contribution in [3.63, 3.8) is 0 Å². The van der Waals surface area contributed by atoms with E-state index in [1.54, 1.807) is 0 Å². The van der Waals surface area contributed by atoms with E-state index in [9.17, 15) is 0 Å². The Morgan fingerprint density at radius 2 is 1.14 bits per heavy atom. The summed E-state index contributed by atoms with van der Waals surface area (Å²) in [6.07, 6.45) is 8.00. The molecule has 0 rings (SSSR count). The van der Waals surface area contributed by atoms with Crippen LogP contribution < -0.4 is 0 Å². The van der Waals surface area contributed by atoms with Gasteiger partial charge in [0.25, 0.3) is 0 Å². The summed E-state index contributed by atoms with van der Waals surface area (Å²) in [6.45, 7) is 4.00. The third-order valence-corrected chi connectivity index (χ3v) is 0.496. The van der Waals surface area contributed by atoms with Gasteiger partial charge in [-0.1, -0.05) is 24.3 Å². The summed E-state index contributed by atoms with van der Waals surface area (Å²) in [5.74, 6) is 0. The molecule has 0 aromatic carbocycles. The Labute approximate surface area is 52.4 Å². The molecule has 0 fully saturated rings. The van der Waals surface area contributed by atoms with E-state index in [1.807, 2.05) is 38.2 Å². The van der Waals surface area contributed by atoms with E-state index in [0.29, 0.717) is 0 Å². The van der Waals surface area contributed by atoms with Crippen LogP contribution in [0.3, 0.4) is 0 Å². The molecular formula is C6H12S. The lowest BCUT2D eigenvalue weighted by Crippen LogP contribution is -1.40. The largest absolute Gasteiger partial charge is 0.197 e. The van der Waals surface area contributed by atoms with E-state index in [1.165, 1.54) is 0 Å². The number of hydrogen-bond donors (Lipinski definition) is 0. The molecule has 0 spiro atoms. The zero-order valence-electron chi connectivity index (χ0n) is 4.81. The molecule has 0 aromatic heterocycles. The summed E-state index contributed by atoms with van der Waals surface area (Å²) >= 11 is 0. The highest BCUT2D eigenvalue weighted by Gasteiger charge is 1.48. The smallest absolute Gasteiger partial charge is 0.0467 e. The maximum Gasteiger partial charge on any atom is -0.0467 e. The Hall–Kier alpha value is -0.170. The van der Waals surface area contributed by atoms with Crippen molar-refractivity contribution in [3.8, 4) is 0 Å². The average Bonchev–Trinajstić information content (AvgIpc) is 1.61. The van der Waals surface area contributed by atoms with E-state index < -0.39 is 0 Å². The van der Waals surface area contributed by atoms with Crippen LogP contribution in [-0.4, -0.2) is 0 Å². The van der Waals surface area contributed by atoms with Crippen molar-refractivity contribution in [1.82, 2.24) is 0 Å². The molecule has 0 aromatic rings. The van der Waals surface area contributed by atoms with Gasteiger partial charge in [0.15, 0.2) is 0 Å². The summed E-state index contributed by atoms with van der Waals surface area (Å²) in [6, 6.07) is 0. The average molecular weight is 116 g/mol. The lowest BCUT2D eigenvalue weighted by molar-refractivity contribution is 1.69. The second kappa shape index (κ2) is 9.27. The molecule has 0 heterocycles. The predicted octanol–water partition coefficient (Wildman–Crippen LogP) is 2.25. The molecule has 0 atom stereocenters. The molecule has 0 radical (unpaired) electrons. The Morgan fingerprint density at radius 1 is 0.857 bits per heavy atom. The minimum absolute atomic E-state index is 0. The molecule has 1 heteroatoms. The van der Waals surface area contributed by atoms with E-state index in [-0.39, 0.29) is 13.5 Å². The van der Waals surface area contributed by atoms with Gasteiger partial charge in [-0.2, -0.15) is 13.5 Å². The zero-order chi connectivity index (χ0) is 4.83. The summed E-state index contributed by atoms with van der Waals surface area (Å²) in [4.78, 5) is 0. The molecule has 42 valence electrons. The van der Waals surface area contributed by atoms with Crippen molar-refractivity contribution >= 4 is 13.5 Å². The summed E-state index contributed by atoms with van der Waals surface area (Å²) in [5, 5.41) is 0. The maximum atomic E-state index is 2.00. The van der Waals surface area contributed by atoms with Gasteiger partial charge in [-0.25, -0.2) is 0 Å². The van der Waals surface area contributed by atoms with E-state index >= 15 is 0 Å². The van der Waals surface area contributed by atoms with Crippen LogP contribution >= 0.6 is 13.5 Å².